The molecule has 116 valence electrons. The predicted molar refractivity (Wildman–Crippen MR) is 91.2 cm³/mol. The number of hydrogen-bond donors (Lipinski definition) is 1. The molecule has 2 fully saturated rings. The second-order valence-corrected chi connectivity index (χ2v) is 9.02. The third-order valence-corrected chi connectivity index (χ3v) is 5.62. The summed E-state index contributed by atoms with van der Waals surface area (Å²) in [7, 11) is 0. The van der Waals surface area contributed by atoms with Crippen LogP contribution in [0.25, 0.3) is 0 Å². The Morgan fingerprint density at radius 2 is 1.86 bits per heavy atom. The van der Waals surface area contributed by atoms with Gasteiger partial charge < -0.3 is 5.32 Å². The fourth-order valence-electron chi connectivity index (χ4n) is 3.88. The largest absolute Gasteiger partial charge is 0.312 e. The van der Waals surface area contributed by atoms with Crippen LogP contribution in [0.5, 0.6) is 0 Å². The number of nitrogens with one attached hydrogen (secondary N) is 1. The van der Waals surface area contributed by atoms with Gasteiger partial charge in [0.2, 0.25) is 0 Å². The maximum Gasteiger partial charge on any atom is 0.0453 e. The van der Waals surface area contributed by atoms with Gasteiger partial charge in [-0.2, -0.15) is 0 Å². The summed E-state index contributed by atoms with van der Waals surface area (Å²) in [6, 6.07) is 5.94. The first-order valence-electron chi connectivity index (χ1n) is 7.95. The van der Waals surface area contributed by atoms with E-state index < -0.39 is 0 Å². The molecule has 1 aromatic carbocycles. The number of hydrogen-bond acceptors (Lipinski definition) is 1. The summed E-state index contributed by atoms with van der Waals surface area (Å²) in [6.45, 7) is 7.81. The van der Waals surface area contributed by atoms with Crippen molar-refractivity contribution in [2.45, 2.75) is 52.0 Å². The van der Waals surface area contributed by atoms with Gasteiger partial charge in [-0.25, -0.2) is 0 Å². The lowest BCUT2D eigenvalue weighted by molar-refractivity contribution is 0.222. The Morgan fingerprint density at radius 1 is 1.19 bits per heavy atom. The highest BCUT2D eigenvalue weighted by Gasteiger charge is 2.53. The zero-order valence-electron chi connectivity index (χ0n) is 13.2. The average molecular weight is 326 g/mol. The second kappa shape index (κ2) is 5.44. The van der Waals surface area contributed by atoms with Crippen LogP contribution in [0.4, 0.5) is 0 Å². The van der Waals surface area contributed by atoms with Gasteiger partial charge in [-0.05, 0) is 81.4 Å². The summed E-state index contributed by atoms with van der Waals surface area (Å²) in [5, 5.41) is 5.27. The first-order valence-corrected chi connectivity index (χ1v) is 8.71. The van der Waals surface area contributed by atoms with Crippen molar-refractivity contribution in [3.8, 4) is 0 Å². The summed E-state index contributed by atoms with van der Waals surface area (Å²) in [4.78, 5) is 0. The van der Waals surface area contributed by atoms with Crippen LogP contribution in [0.15, 0.2) is 18.2 Å². The van der Waals surface area contributed by atoms with Gasteiger partial charge in [0.1, 0.15) is 0 Å². The Bertz CT molecular complexity index is 523. The molecule has 0 spiro atoms. The van der Waals surface area contributed by atoms with Gasteiger partial charge in [0.05, 0.1) is 0 Å². The summed E-state index contributed by atoms with van der Waals surface area (Å²) in [6.07, 6.45) is 5.21. The Hall–Kier alpha value is -0.240. The minimum Gasteiger partial charge on any atom is -0.312 e. The van der Waals surface area contributed by atoms with Crippen LogP contribution in [-0.4, -0.2) is 12.1 Å². The molecule has 1 N–H and O–H groups in total. The van der Waals surface area contributed by atoms with E-state index in [1.54, 1.807) is 0 Å². The van der Waals surface area contributed by atoms with E-state index in [1.807, 2.05) is 12.1 Å². The van der Waals surface area contributed by atoms with Crippen molar-refractivity contribution in [1.29, 1.82) is 0 Å². The van der Waals surface area contributed by atoms with Crippen LogP contribution < -0.4 is 5.32 Å². The first kappa shape index (κ1) is 15.6. The Balaban J connectivity index is 1.76. The molecule has 0 radical (unpaired) electrons. The van der Waals surface area contributed by atoms with Crippen LogP contribution in [0.3, 0.4) is 0 Å². The van der Waals surface area contributed by atoms with Crippen molar-refractivity contribution >= 4 is 23.2 Å². The van der Waals surface area contributed by atoms with E-state index in [0.717, 1.165) is 34.8 Å². The molecule has 2 saturated carbocycles. The molecule has 1 aromatic rings. The average Bonchev–Trinajstić information content (AvgIpc) is 2.98. The molecule has 2 unspecified atom stereocenters. The smallest absolute Gasteiger partial charge is 0.0453 e. The van der Waals surface area contributed by atoms with E-state index in [4.69, 9.17) is 23.2 Å². The van der Waals surface area contributed by atoms with Crippen LogP contribution in [0.1, 0.15) is 45.6 Å². The fourth-order valence-corrected chi connectivity index (χ4v) is 4.35. The maximum atomic E-state index is 6.40. The van der Waals surface area contributed by atoms with E-state index in [9.17, 15) is 0 Å². The van der Waals surface area contributed by atoms with Crippen LogP contribution in [0, 0.1) is 17.3 Å². The molecule has 3 heteroatoms. The molecule has 0 bridgehead atoms. The van der Waals surface area contributed by atoms with E-state index in [-0.39, 0.29) is 5.54 Å². The van der Waals surface area contributed by atoms with Crippen molar-refractivity contribution in [1.82, 2.24) is 5.32 Å². The third-order valence-electron chi connectivity index (χ3n) is 5.03. The SMILES string of the molecule is CC(C)(C)NCC1(Cc2ccc(Cl)cc2Cl)CC2CC2C1. The molecular weight excluding hydrogens is 301 g/mol. The second-order valence-electron chi connectivity index (χ2n) is 8.18. The fraction of sp³-hybridized carbons (Fsp3) is 0.667. The van der Waals surface area contributed by atoms with Crippen LogP contribution in [-0.2, 0) is 6.42 Å². The van der Waals surface area contributed by atoms with Crippen molar-refractivity contribution in [3.05, 3.63) is 33.8 Å². The monoisotopic (exact) mass is 325 g/mol. The minimum absolute atomic E-state index is 0.170. The lowest BCUT2D eigenvalue weighted by atomic mass is 9.77. The standard InChI is InChI=1S/C18H25Cl2N/c1-17(2,3)21-11-18(9-13-6-14(13)10-18)8-12-4-5-15(19)7-16(12)20/h4-5,7,13-14,21H,6,8-11H2,1-3H3. The van der Waals surface area contributed by atoms with Gasteiger partial charge in [-0.3, -0.25) is 0 Å². The van der Waals surface area contributed by atoms with Gasteiger partial charge in [-0.1, -0.05) is 29.3 Å². The molecule has 3 rings (SSSR count). The van der Waals surface area contributed by atoms with Crippen molar-refractivity contribution in [2.75, 3.05) is 6.54 Å². The van der Waals surface area contributed by atoms with Gasteiger partial charge in [0, 0.05) is 22.1 Å². The zero-order chi connectivity index (χ0) is 15.3. The molecule has 0 heterocycles. The molecule has 2 aliphatic carbocycles. The normalized spacial score (nSPS) is 31.3. The highest BCUT2D eigenvalue weighted by Crippen LogP contribution is 2.60. The van der Waals surface area contributed by atoms with Crippen molar-refractivity contribution in [3.63, 3.8) is 0 Å². The Morgan fingerprint density at radius 3 is 2.43 bits per heavy atom. The molecular formula is C18H25Cl2N. The van der Waals surface area contributed by atoms with Gasteiger partial charge in [0.15, 0.2) is 0 Å². The van der Waals surface area contributed by atoms with Crippen LogP contribution >= 0.6 is 23.2 Å². The number of rotatable bonds is 4. The molecule has 21 heavy (non-hydrogen) atoms. The number of fused-ring (bicyclic) bond motifs is 1. The van der Waals surface area contributed by atoms with Gasteiger partial charge in [0.25, 0.3) is 0 Å². The number of halogens is 2. The van der Waals surface area contributed by atoms with Crippen molar-refractivity contribution < 1.29 is 0 Å². The van der Waals surface area contributed by atoms with Gasteiger partial charge in [-0.15, -0.1) is 0 Å². The third kappa shape index (κ3) is 3.75. The highest BCUT2D eigenvalue weighted by atomic mass is 35.5. The van der Waals surface area contributed by atoms with E-state index >= 15 is 0 Å². The lowest BCUT2D eigenvalue weighted by Crippen LogP contribution is -2.44. The Kier molecular flexibility index (Phi) is 4.05. The molecule has 0 aliphatic heterocycles. The number of benzene rings is 1. The topological polar surface area (TPSA) is 12.0 Å². The molecule has 1 nitrogen and oxygen atoms in total. The zero-order valence-corrected chi connectivity index (χ0v) is 14.7. The van der Waals surface area contributed by atoms with Gasteiger partial charge >= 0.3 is 0 Å². The quantitative estimate of drug-likeness (QED) is 0.787. The van der Waals surface area contributed by atoms with Crippen molar-refractivity contribution in [2.24, 2.45) is 17.3 Å². The minimum atomic E-state index is 0.170. The van der Waals surface area contributed by atoms with E-state index in [0.29, 0.717) is 5.41 Å². The highest BCUT2D eigenvalue weighted by molar-refractivity contribution is 6.35. The molecule has 2 atom stereocenters. The first-order chi connectivity index (χ1) is 9.76. The summed E-state index contributed by atoms with van der Waals surface area (Å²) < 4.78 is 0. The molecule has 0 saturated heterocycles. The maximum absolute atomic E-state index is 6.40. The Labute approximate surface area is 138 Å². The summed E-state index contributed by atoms with van der Waals surface area (Å²) in [5.41, 5.74) is 1.79. The summed E-state index contributed by atoms with van der Waals surface area (Å²) in [5.74, 6) is 1.94. The lowest BCUT2D eigenvalue weighted by Gasteiger charge is -2.35. The molecule has 0 aromatic heterocycles. The van der Waals surface area contributed by atoms with Crippen LogP contribution in [0.2, 0.25) is 10.0 Å². The summed E-state index contributed by atoms with van der Waals surface area (Å²) >= 11 is 12.4. The van der Waals surface area contributed by atoms with E-state index in [1.165, 1.54) is 24.8 Å². The molecule has 0 amide bonds. The van der Waals surface area contributed by atoms with E-state index in [2.05, 4.69) is 32.2 Å². The predicted octanol–water partition coefficient (Wildman–Crippen LogP) is 5.34. The molecule has 2 aliphatic rings.